The van der Waals surface area contributed by atoms with Crippen LogP contribution in [0.25, 0.3) is 0 Å². The molecule has 1 unspecified atom stereocenters. The summed E-state index contributed by atoms with van der Waals surface area (Å²) in [6.07, 6.45) is 2.21. The van der Waals surface area contributed by atoms with Gasteiger partial charge in [-0.1, -0.05) is 48.8 Å². The summed E-state index contributed by atoms with van der Waals surface area (Å²) in [5.41, 5.74) is 1.64. The molecular formula is C14H21BrO. The minimum atomic E-state index is 0.322. The molecule has 90 valence electrons. The second-order valence-electron chi connectivity index (χ2n) is 4.87. The van der Waals surface area contributed by atoms with Gasteiger partial charge in [0.2, 0.25) is 0 Å². The molecule has 16 heavy (non-hydrogen) atoms. The summed E-state index contributed by atoms with van der Waals surface area (Å²) < 4.78 is 5.23. The fourth-order valence-corrected chi connectivity index (χ4v) is 2.20. The molecule has 0 spiro atoms. The van der Waals surface area contributed by atoms with E-state index in [-0.39, 0.29) is 0 Å². The van der Waals surface area contributed by atoms with E-state index in [1.54, 1.807) is 7.11 Å². The van der Waals surface area contributed by atoms with Gasteiger partial charge in [0.1, 0.15) is 5.75 Å². The SMILES string of the molecule is CCC(C)(C)C(Br)Cc1cccc(OC)c1. The zero-order chi connectivity index (χ0) is 12.2. The van der Waals surface area contributed by atoms with Crippen molar-refractivity contribution in [3.8, 4) is 5.75 Å². The van der Waals surface area contributed by atoms with E-state index >= 15 is 0 Å². The maximum Gasteiger partial charge on any atom is 0.119 e. The van der Waals surface area contributed by atoms with Crippen molar-refractivity contribution < 1.29 is 4.74 Å². The van der Waals surface area contributed by atoms with Crippen molar-refractivity contribution in [2.75, 3.05) is 7.11 Å². The van der Waals surface area contributed by atoms with Gasteiger partial charge in [0, 0.05) is 4.83 Å². The molecule has 1 atom stereocenters. The molecule has 0 bridgehead atoms. The van der Waals surface area contributed by atoms with Crippen molar-refractivity contribution in [1.29, 1.82) is 0 Å². The van der Waals surface area contributed by atoms with Crippen LogP contribution in [-0.2, 0) is 6.42 Å². The standard InChI is InChI=1S/C14H21BrO/c1-5-14(2,3)13(15)10-11-7-6-8-12(9-11)16-4/h6-9,13H,5,10H2,1-4H3. The van der Waals surface area contributed by atoms with E-state index in [0.29, 0.717) is 10.2 Å². The van der Waals surface area contributed by atoms with Crippen molar-refractivity contribution in [1.82, 2.24) is 0 Å². The summed E-state index contributed by atoms with van der Waals surface area (Å²) in [5.74, 6) is 0.937. The van der Waals surface area contributed by atoms with Crippen LogP contribution < -0.4 is 4.74 Å². The molecule has 1 aromatic rings. The van der Waals surface area contributed by atoms with E-state index in [9.17, 15) is 0 Å². The van der Waals surface area contributed by atoms with Crippen LogP contribution in [-0.4, -0.2) is 11.9 Å². The number of methoxy groups -OCH3 is 1. The molecule has 0 aliphatic rings. The molecule has 0 fully saturated rings. The molecule has 0 amide bonds. The summed E-state index contributed by atoms with van der Waals surface area (Å²) in [4.78, 5) is 0.497. The average molecular weight is 285 g/mol. The van der Waals surface area contributed by atoms with Crippen molar-refractivity contribution in [2.24, 2.45) is 5.41 Å². The molecular weight excluding hydrogens is 264 g/mol. The first-order valence-electron chi connectivity index (χ1n) is 5.76. The van der Waals surface area contributed by atoms with Crippen LogP contribution in [0.3, 0.4) is 0 Å². The van der Waals surface area contributed by atoms with Crippen LogP contribution in [0.15, 0.2) is 24.3 Å². The molecule has 0 heterocycles. The highest BCUT2D eigenvalue weighted by atomic mass is 79.9. The van der Waals surface area contributed by atoms with Gasteiger partial charge in [0.05, 0.1) is 7.11 Å². The number of ether oxygens (including phenoxy) is 1. The summed E-state index contributed by atoms with van der Waals surface area (Å²) in [6, 6.07) is 8.30. The smallest absolute Gasteiger partial charge is 0.119 e. The summed E-state index contributed by atoms with van der Waals surface area (Å²) >= 11 is 3.80. The molecule has 1 aromatic carbocycles. The van der Waals surface area contributed by atoms with Gasteiger partial charge in [0.25, 0.3) is 0 Å². The molecule has 1 rings (SSSR count). The van der Waals surface area contributed by atoms with Crippen molar-refractivity contribution in [2.45, 2.75) is 38.4 Å². The third-order valence-corrected chi connectivity index (χ3v) is 4.87. The minimum Gasteiger partial charge on any atom is -0.497 e. The molecule has 0 aliphatic carbocycles. The molecule has 1 nitrogen and oxygen atoms in total. The van der Waals surface area contributed by atoms with Gasteiger partial charge in [-0.2, -0.15) is 0 Å². The van der Waals surface area contributed by atoms with Gasteiger partial charge >= 0.3 is 0 Å². The van der Waals surface area contributed by atoms with Crippen molar-refractivity contribution in [3.05, 3.63) is 29.8 Å². The van der Waals surface area contributed by atoms with E-state index in [4.69, 9.17) is 4.74 Å². The van der Waals surface area contributed by atoms with Gasteiger partial charge in [-0.05, 0) is 36.0 Å². The third kappa shape index (κ3) is 3.51. The number of alkyl halides is 1. The fourth-order valence-electron chi connectivity index (χ4n) is 1.50. The van der Waals surface area contributed by atoms with Crippen LogP contribution in [0.5, 0.6) is 5.75 Å². The first-order valence-corrected chi connectivity index (χ1v) is 6.68. The first-order chi connectivity index (χ1) is 7.49. The lowest BCUT2D eigenvalue weighted by Crippen LogP contribution is -2.25. The minimum absolute atomic E-state index is 0.322. The lowest BCUT2D eigenvalue weighted by molar-refractivity contribution is 0.339. The predicted octanol–water partition coefficient (Wildman–Crippen LogP) is 4.44. The van der Waals surface area contributed by atoms with Crippen LogP contribution in [0, 0.1) is 5.41 Å². The number of hydrogen-bond acceptors (Lipinski definition) is 1. The highest BCUT2D eigenvalue weighted by Crippen LogP contribution is 2.33. The summed E-state index contributed by atoms with van der Waals surface area (Å²) in [7, 11) is 1.71. The van der Waals surface area contributed by atoms with Crippen molar-refractivity contribution in [3.63, 3.8) is 0 Å². The Morgan fingerprint density at radius 2 is 2.06 bits per heavy atom. The summed E-state index contributed by atoms with van der Waals surface area (Å²) in [6.45, 7) is 6.83. The van der Waals surface area contributed by atoms with E-state index in [2.05, 4.69) is 48.8 Å². The Balaban J connectivity index is 2.72. The maximum absolute atomic E-state index is 5.23. The van der Waals surface area contributed by atoms with E-state index in [1.165, 1.54) is 12.0 Å². The second kappa shape index (κ2) is 5.72. The van der Waals surface area contributed by atoms with Gasteiger partial charge in [0.15, 0.2) is 0 Å². The van der Waals surface area contributed by atoms with Crippen LogP contribution in [0.1, 0.15) is 32.8 Å². The molecule has 0 aromatic heterocycles. The molecule has 0 saturated carbocycles. The number of halogens is 1. The van der Waals surface area contributed by atoms with Crippen LogP contribution >= 0.6 is 15.9 Å². The molecule has 2 heteroatoms. The van der Waals surface area contributed by atoms with E-state index in [0.717, 1.165) is 12.2 Å². The summed E-state index contributed by atoms with van der Waals surface area (Å²) in [5, 5.41) is 0. The lowest BCUT2D eigenvalue weighted by atomic mass is 9.84. The van der Waals surface area contributed by atoms with E-state index < -0.39 is 0 Å². The quantitative estimate of drug-likeness (QED) is 0.727. The van der Waals surface area contributed by atoms with Gasteiger partial charge in [-0.25, -0.2) is 0 Å². The Bertz CT molecular complexity index is 333. The topological polar surface area (TPSA) is 9.23 Å². The molecule has 0 N–H and O–H groups in total. The predicted molar refractivity (Wildman–Crippen MR) is 73.5 cm³/mol. The Kier molecular flexibility index (Phi) is 4.85. The highest BCUT2D eigenvalue weighted by molar-refractivity contribution is 9.09. The average Bonchev–Trinajstić information content (AvgIpc) is 2.29. The zero-order valence-corrected chi connectivity index (χ0v) is 12.2. The third-order valence-electron chi connectivity index (χ3n) is 3.31. The Hall–Kier alpha value is -0.500. The van der Waals surface area contributed by atoms with Gasteiger partial charge in [-0.15, -0.1) is 0 Å². The number of benzene rings is 1. The fraction of sp³-hybridized carbons (Fsp3) is 0.571. The van der Waals surface area contributed by atoms with Crippen molar-refractivity contribution >= 4 is 15.9 Å². The van der Waals surface area contributed by atoms with Crippen LogP contribution in [0.2, 0.25) is 0 Å². The van der Waals surface area contributed by atoms with Gasteiger partial charge < -0.3 is 4.74 Å². The number of rotatable bonds is 5. The molecule has 0 aliphatic heterocycles. The Morgan fingerprint density at radius 3 is 2.62 bits per heavy atom. The van der Waals surface area contributed by atoms with Crippen LogP contribution in [0.4, 0.5) is 0 Å². The Labute approximate surface area is 107 Å². The molecule has 0 saturated heterocycles. The monoisotopic (exact) mass is 284 g/mol. The van der Waals surface area contributed by atoms with Gasteiger partial charge in [-0.3, -0.25) is 0 Å². The zero-order valence-electron chi connectivity index (χ0n) is 10.6. The second-order valence-corrected chi connectivity index (χ2v) is 5.97. The normalized spacial score (nSPS) is 13.6. The van der Waals surface area contributed by atoms with E-state index in [1.807, 2.05) is 12.1 Å². The Morgan fingerprint density at radius 1 is 1.38 bits per heavy atom. The maximum atomic E-state index is 5.23. The first kappa shape index (κ1) is 13.6. The largest absolute Gasteiger partial charge is 0.497 e. The molecule has 0 radical (unpaired) electrons. The lowest BCUT2D eigenvalue weighted by Gasteiger charge is -2.29. The highest BCUT2D eigenvalue weighted by Gasteiger charge is 2.25. The number of hydrogen-bond donors (Lipinski definition) is 0.